The highest BCUT2D eigenvalue weighted by Crippen LogP contribution is 2.16. The van der Waals surface area contributed by atoms with E-state index in [1.807, 2.05) is 37.3 Å². The Morgan fingerprint density at radius 1 is 1.04 bits per heavy atom. The number of nitrogens with one attached hydrogen (secondary N) is 1. The molecule has 132 valence electrons. The highest BCUT2D eigenvalue weighted by Gasteiger charge is 2.20. The lowest BCUT2D eigenvalue weighted by molar-refractivity contribution is -0.124. The fourth-order valence-electron chi connectivity index (χ4n) is 2.28. The number of ether oxygens (including phenoxy) is 1. The van der Waals surface area contributed by atoms with Crippen molar-refractivity contribution in [3.8, 4) is 0 Å². The molecule has 0 saturated carbocycles. The average molecular weight is 361 g/mol. The van der Waals surface area contributed by atoms with Crippen molar-refractivity contribution in [3.05, 3.63) is 65.7 Å². The Balaban J connectivity index is 1.98. The average Bonchev–Trinajstić information content (AvgIpc) is 2.59. The van der Waals surface area contributed by atoms with Gasteiger partial charge in [0.15, 0.2) is 16.4 Å². The maximum absolute atomic E-state index is 12.1. The zero-order chi connectivity index (χ0) is 18.4. The molecule has 0 aliphatic rings. The summed E-state index contributed by atoms with van der Waals surface area (Å²) in [4.78, 5) is 23.9. The van der Waals surface area contributed by atoms with Gasteiger partial charge in [0.1, 0.15) is 0 Å². The standard InChI is InChI=1S/C18H19NO5S/c1-13(14-8-4-3-5-9-14)19-17(20)12-24-18(21)15-10-6-7-11-16(15)25(2,22)23/h3-11,13H,12H2,1-2H3,(H,19,20). The van der Waals surface area contributed by atoms with Gasteiger partial charge in [-0.2, -0.15) is 0 Å². The highest BCUT2D eigenvalue weighted by molar-refractivity contribution is 7.90. The van der Waals surface area contributed by atoms with Crippen LogP contribution in [0.5, 0.6) is 0 Å². The number of hydrogen-bond acceptors (Lipinski definition) is 5. The number of carbonyl (C=O) groups is 2. The van der Waals surface area contributed by atoms with Crippen molar-refractivity contribution in [3.63, 3.8) is 0 Å². The zero-order valence-corrected chi connectivity index (χ0v) is 14.7. The number of sulfone groups is 1. The number of rotatable bonds is 6. The molecule has 0 aliphatic heterocycles. The highest BCUT2D eigenvalue weighted by atomic mass is 32.2. The van der Waals surface area contributed by atoms with E-state index in [2.05, 4.69) is 5.32 Å². The van der Waals surface area contributed by atoms with Crippen molar-refractivity contribution >= 4 is 21.7 Å². The van der Waals surface area contributed by atoms with E-state index in [0.29, 0.717) is 0 Å². The van der Waals surface area contributed by atoms with Crippen LogP contribution in [0.25, 0.3) is 0 Å². The monoisotopic (exact) mass is 361 g/mol. The molecule has 1 N–H and O–H groups in total. The van der Waals surface area contributed by atoms with Gasteiger partial charge in [-0.3, -0.25) is 4.79 Å². The molecule has 0 heterocycles. The van der Waals surface area contributed by atoms with Gasteiger partial charge in [-0.25, -0.2) is 13.2 Å². The summed E-state index contributed by atoms with van der Waals surface area (Å²) in [6, 6.07) is 14.8. The largest absolute Gasteiger partial charge is 0.452 e. The first-order chi connectivity index (χ1) is 11.8. The van der Waals surface area contributed by atoms with E-state index in [0.717, 1.165) is 11.8 Å². The molecular weight excluding hydrogens is 342 g/mol. The molecule has 0 spiro atoms. The van der Waals surface area contributed by atoms with Crippen LogP contribution in [-0.4, -0.2) is 33.2 Å². The summed E-state index contributed by atoms with van der Waals surface area (Å²) in [5, 5.41) is 2.71. The van der Waals surface area contributed by atoms with Crippen molar-refractivity contribution in [2.75, 3.05) is 12.9 Å². The second kappa shape index (κ2) is 7.94. The molecule has 0 aromatic heterocycles. The molecule has 1 atom stereocenters. The van der Waals surface area contributed by atoms with Gasteiger partial charge >= 0.3 is 5.97 Å². The van der Waals surface area contributed by atoms with Crippen molar-refractivity contribution in [2.45, 2.75) is 17.9 Å². The minimum atomic E-state index is -3.57. The molecule has 6 nitrogen and oxygen atoms in total. The third-order valence-electron chi connectivity index (χ3n) is 3.52. The van der Waals surface area contributed by atoms with Gasteiger partial charge in [-0.05, 0) is 24.6 Å². The van der Waals surface area contributed by atoms with Gasteiger partial charge in [-0.15, -0.1) is 0 Å². The summed E-state index contributed by atoms with van der Waals surface area (Å²) in [6.45, 7) is 1.32. The van der Waals surface area contributed by atoms with E-state index in [-0.39, 0.29) is 16.5 Å². The fraction of sp³-hybridized carbons (Fsp3) is 0.222. The lowest BCUT2D eigenvalue weighted by Crippen LogP contribution is -2.31. The van der Waals surface area contributed by atoms with Gasteiger partial charge in [0.2, 0.25) is 0 Å². The molecule has 1 unspecified atom stereocenters. The Labute approximate surface area is 146 Å². The molecule has 0 aliphatic carbocycles. The number of hydrogen-bond donors (Lipinski definition) is 1. The molecule has 2 aromatic rings. The summed E-state index contributed by atoms with van der Waals surface area (Å²) in [5.41, 5.74) is 0.832. The number of carbonyl (C=O) groups excluding carboxylic acids is 2. The van der Waals surface area contributed by atoms with Crippen LogP contribution in [0, 0.1) is 0 Å². The Morgan fingerprint density at radius 3 is 2.28 bits per heavy atom. The molecule has 1 amide bonds. The van der Waals surface area contributed by atoms with Gasteiger partial charge < -0.3 is 10.1 Å². The van der Waals surface area contributed by atoms with E-state index in [1.165, 1.54) is 24.3 Å². The summed E-state index contributed by atoms with van der Waals surface area (Å²) >= 11 is 0. The second-order valence-corrected chi connectivity index (χ2v) is 7.53. The minimum absolute atomic E-state index is 0.0890. The molecule has 7 heteroatoms. The molecular formula is C18H19NO5S. The van der Waals surface area contributed by atoms with Crippen molar-refractivity contribution in [1.82, 2.24) is 5.32 Å². The second-order valence-electron chi connectivity index (χ2n) is 5.54. The van der Waals surface area contributed by atoms with Crippen LogP contribution in [0.4, 0.5) is 0 Å². The molecule has 0 saturated heterocycles. The number of esters is 1. The number of benzene rings is 2. The van der Waals surface area contributed by atoms with Crippen molar-refractivity contribution in [2.24, 2.45) is 0 Å². The fourth-order valence-corrected chi connectivity index (χ4v) is 3.15. The molecule has 0 radical (unpaired) electrons. The first-order valence-electron chi connectivity index (χ1n) is 7.59. The third kappa shape index (κ3) is 5.15. The van der Waals surface area contributed by atoms with Crippen LogP contribution in [0.2, 0.25) is 0 Å². The zero-order valence-electron chi connectivity index (χ0n) is 13.9. The van der Waals surface area contributed by atoms with Crippen molar-refractivity contribution in [1.29, 1.82) is 0 Å². The Bertz CT molecular complexity index is 862. The summed E-state index contributed by atoms with van der Waals surface area (Å²) in [7, 11) is -3.57. The summed E-state index contributed by atoms with van der Waals surface area (Å²) in [6.07, 6.45) is 1.01. The Kier molecular flexibility index (Phi) is 5.93. The van der Waals surface area contributed by atoms with E-state index >= 15 is 0 Å². The first-order valence-corrected chi connectivity index (χ1v) is 9.48. The van der Waals surface area contributed by atoms with Crippen LogP contribution in [0.3, 0.4) is 0 Å². The molecule has 0 fully saturated rings. The first kappa shape index (κ1) is 18.7. The lowest BCUT2D eigenvalue weighted by atomic mass is 10.1. The number of amides is 1. The van der Waals surface area contributed by atoms with Gasteiger partial charge in [0.25, 0.3) is 5.91 Å². The molecule has 25 heavy (non-hydrogen) atoms. The topological polar surface area (TPSA) is 89.5 Å². The predicted octanol–water partition coefficient (Wildman–Crippen LogP) is 2.12. The Hall–Kier alpha value is -2.67. The normalized spacial score (nSPS) is 12.2. The predicted molar refractivity (Wildman–Crippen MR) is 92.8 cm³/mol. The quantitative estimate of drug-likeness (QED) is 0.796. The minimum Gasteiger partial charge on any atom is -0.452 e. The van der Waals surface area contributed by atoms with Crippen LogP contribution in [-0.2, 0) is 19.4 Å². The van der Waals surface area contributed by atoms with Gasteiger partial charge in [-0.1, -0.05) is 42.5 Å². The van der Waals surface area contributed by atoms with Gasteiger partial charge in [0, 0.05) is 6.26 Å². The van der Waals surface area contributed by atoms with E-state index in [1.54, 1.807) is 0 Å². The maximum atomic E-state index is 12.1. The summed E-state index contributed by atoms with van der Waals surface area (Å²) in [5.74, 6) is -1.33. The molecule has 0 bridgehead atoms. The smallest absolute Gasteiger partial charge is 0.339 e. The van der Waals surface area contributed by atoms with Crippen LogP contribution in [0.15, 0.2) is 59.5 Å². The maximum Gasteiger partial charge on any atom is 0.339 e. The van der Waals surface area contributed by atoms with E-state index < -0.39 is 28.3 Å². The lowest BCUT2D eigenvalue weighted by Gasteiger charge is -2.14. The molecule has 2 rings (SSSR count). The SMILES string of the molecule is CC(NC(=O)COC(=O)c1ccccc1S(C)(=O)=O)c1ccccc1. The Morgan fingerprint density at radius 2 is 1.64 bits per heavy atom. The van der Waals surface area contributed by atoms with Crippen LogP contribution in [0.1, 0.15) is 28.9 Å². The van der Waals surface area contributed by atoms with Crippen LogP contribution >= 0.6 is 0 Å². The van der Waals surface area contributed by atoms with Crippen molar-refractivity contribution < 1.29 is 22.7 Å². The van der Waals surface area contributed by atoms with E-state index in [9.17, 15) is 18.0 Å². The van der Waals surface area contributed by atoms with Crippen LogP contribution < -0.4 is 5.32 Å². The molecule has 2 aromatic carbocycles. The summed E-state index contributed by atoms with van der Waals surface area (Å²) < 4.78 is 28.4. The third-order valence-corrected chi connectivity index (χ3v) is 4.67. The van der Waals surface area contributed by atoms with E-state index in [4.69, 9.17) is 4.74 Å². The van der Waals surface area contributed by atoms with Gasteiger partial charge in [0.05, 0.1) is 16.5 Å².